The van der Waals surface area contributed by atoms with Crippen molar-refractivity contribution in [1.82, 2.24) is 31.6 Å². The van der Waals surface area contributed by atoms with Crippen LogP contribution in [0.15, 0.2) is 96.1 Å². The molecule has 0 radical (unpaired) electrons. The molecule has 1 aliphatic rings. The summed E-state index contributed by atoms with van der Waals surface area (Å²) in [5.74, 6) is -3.29. The van der Waals surface area contributed by atoms with Crippen molar-refractivity contribution in [3.05, 3.63) is 108 Å². The zero-order valence-corrected chi connectivity index (χ0v) is 28.2. The van der Waals surface area contributed by atoms with Crippen molar-refractivity contribution >= 4 is 46.4 Å². The number of nitrogens with zero attached hydrogens (tertiary/aromatic N) is 1. The van der Waals surface area contributed by atoms with Crippen LogP contribution in [0, 0.1) is 0 Å². The second kappa shape index (κ2) is 17.0. The number of amides is 5. The molecule has 14 heteroatoms. The molecule has 2 heterocycles. The highest BCUT2D eigenvalue weighted by Gasteiger charge is 2.34. The Morgan fingerprint density at radius 1 is 0.647 bits per heavy atom. The Morgan fingerprint density at radius 2 is 1.24 bits per heavy atom. The predicted octanol–water partition coefficient (Wildman–Crippen LogP) is 0.837. The van der Waals surface area contributed by atoms with E-state index in [1.54, 1.807) is 36.5 Å². The zero-order chi connectivity index (χ0) is 36.3. The largest absolute Gasteiger partial charge is 0.370 e. The smallest absolute Gasteiger partial charge is 0.247 e. The van der Waals surface area contributed by atoms with E-state index in [9.17, 15) is 24.0 Å². The Balaban J connectivity index is 1.52. The number of carbonyl (C=O) groups excluding carboxylic acids is 5. The Bertz CT molecular complexity index is 1870. The summed E-state index contributed by atoms with van der Waals surface area (Å²) in [6.45, 7) is 1.69. The third-order valence-electron chi connectivity index (χ3n) is 8.66. The summed E-state index contributed by atoms with van der Waals surface area (Å²) in [5, 5.41) is 14.8. The van der Waals surface area contributed by atoms with Crippen molar-refractivity contribution < 1.29 is 24.0 Å². The summed E-state index contributed by atoms with van der Waals surface area (Å²) in [6.07, 6.45) is 2.39. The first-order chi connectivity index (χ1) is 24.6. The van der Waals surface area contributed by atoms with Gasteiger partial charge in [0.05, 0.1) is 0 Å². The van der Waals surface area contributed by atoms with Gasteiger partial charge in [0.25, 0.3) is 0 Å². The van der Waals surface area contributed by atoms with E-state index in [0.29, 0.717) is 12.0 Å². The number of nitrogens with two attached hydrogens (primary N) is 2. The van der Waals surface area contributed by atoms with Crippen molar-refractivity contribution in [3.63, 3.8) is 0 Å². The number of nitrogens with one attached hydrogen (secondary N) is 6. The molecule has 266 valence electrons. The van der Waals surface area contributed by atoms with Crippen LogP contribution in [0.3, 0.4) is 0 Å². The summed E-state index contributed by atoms with van der Waals surface area (Å²) in [4.78, 5) is 76.6. The fourth-order valence-electron chi connectivity index (χ4n) is 5.95. The van der Waals surface area contributed by atoms with Crippen LogP contribution < -0.4 is 38.1 Å². The van der Waals surface area contributed by atoms with Crippen LogP contribution in [0.2, 0.25) is 0 Å². The normalized spacial score (nSPS) is 22.0. The number of fused-ring (bicyclic) bond motifs is 1. The van der Waals surface area contributed by atoms with Gasteiger partial charge in [0.1, 0.15) is 30.2 Å². The first-order valence-electron chi connectivity index (χ1n) is 16.8. The number of aliphatic imine (C=N–C) groups is 1. The summed E-state index contributed by atoms with van der Waals surface area (Å²) in [6, 6.07) is 19.5. The molecule has 0 spiro atoms. The van der Waals surface area contributed by atoms with E-state index >= 15 is 0 Å². The van der Waals surface area contributed by atoms with E-state index in [0.717, 1.165) is 22.0 Å². The third kappa shape index (κ3) is 9.71. The van der Waals surface area contributed by atoms with Gasteiger partial charge in [-0.15, -0.1) is 0 Å². The maximum atomic E-state index is 14.1. The molecule has 0 bridgehead atoms. The maximum Gasteiger partial charge on any atom is 0.247 e. The second-order valence-electron chi connectivity index (χ2n) is 12.5. The molecule has 1 aromatic heterocycles. The lowest BCUT2D eigenvalue weighted by atomic mass is 10.0. The minimum atomic E-state index is -1.24. The van der Waals surface area contributed by atoms with Gasteiger partial charge in [0, 0.05) is 36.5 Å². The van der Waals surface area contributed by atoms with Gasteiger partial charge in [-0.3, -0.25) is 29.0 Å². The molecule has 0 saturated carbocycles. The Morgan fingerprint density at radius 3 is 1.96 bits per heavy atom. The molecule has 5 amide bonds. The molecule has 1 fully saturated rings. The average Bonchev–Trinajstić information content (AvgIpc) is 3.53. The number of carbonyl (C=O) groups is 5. The lowest BCUT2D eigenvalue weighted by molar-refractivity contribution is -0.134. The van der Waals surface area contributed by atoms with Crippen LogP contribution >= 0.6 is 0 Å². The number of aromatic amines is 1. The predicted molar refractivity (Wildman–Crippen MR) is 193 cm³/mol. The number of hydrogen-bond donors (Lipinski definition) is 8. The molecule has 5 unspecified atom stereocenters. The van der Waals surface area contributed by atoms with Crippen molar-refractivity contribution in [2.45, 2.75) is 62.8 Å². The molecule has 1 aliphatic heterocycles. The molecular weight excluding hydrogens is 650 g/mol. The van der Waals surface area contributed by atoms with Crippen molar-refractivity contribution in [3.8, 4) is 0 Å². The molecule has 14 nitrogen and oxygen atoms in total. The van der Waals surface area contributed by atoms with Gasteiger partial charge in [-0.1, -0.05) is 78.9 Å². The van der Waals surface area contributed by atoms with Gasteiger partial charge in [0.15, 0.2) is 5.96 Å². The van der Waals surface area contributed by atoms with E-state index in [4.69, 9.17) is 11.5 Å². The van der Waals surface area contributed by atoms with Gasteiger partial charge < -0.3 is 43.0 Å². The van der Waals surface area contributed by atoms with E-state index in [-0.39, 0.29) is 31.8 Å². The molecule has 4 aromatic rings. The molecule has 1 saturated heterocycles. The van der Waals surface area contributed by atoms with Crippen LogP contribution in [0.1, 0.15) is 42.5 Å². The molecular formula is C37H43N9O5. The zero-order valence-electron chi connectivity index (χ0n) is 28.2. The topological polar surface area (TPSA) is 226 Å². The van der Waals surface area contributed by atoms with Gasteiger partial charge in [0.2, 0.25) is 29.5 Å². The number of guanidine groups is 1. The third-order valence-corrected chi connectivity index (χ3v) is 8.66. The van der Waals surface area contributed by atoms with Gasteiger partial charge in [-0.25, -0.2) is 0 Å². The van der Waals surface area contributed by atoms with E-state index in [2.05, 4.69) is 36.6 Å². The average molecular weight is 694 g/mol. The monoisotopic (exact) mass is 693 g/mol. The van der Waals surface area contributed by atoms with E-state index in [1.165, 1.54) is 6.92 Å². The van der Waals surface area contributed by atoms with Crippen LogP contribution in [-0.4, -0.2) is 71.2 Å². The van der Waals surface area contributed by atoms with Gasteiger partial charge in [-0.05, 0) is 42.5 Å². The number of aromatic nitrogens is 1. The Hall–Kier alpha value is -6.18. The van der Waals surface area contributed by atoms with Crippen molar-refractivity contribution in [2.24, 2.45) is 16.5 Å². The highest BCUT2D eigenvalue weighted by molar-refractivity contribution is 5.98. The van der Waals surface area contributed by atoms with Crippen molar-refractivity contribution in [1.29, 1.82) is 0 Å². The standard InChI is InChI=1S/C37H43N9O5/c1-22-32(47)44-30(20-25-21-41-27-16-9-8-15-26(25)27)35(50)46-31(24-13-6-3-7-14-24)36(51)43-28(17-10-18-40-37(38)39)33(48)45-29(34(49)42-22)19-23-11-4-2-5-12-23/h2-9,11-16,21-22,28-31,41H,10,17-20H2,1H3,(H,42,49)(H,43,51)(H,44,47)(H,45,48)(H,46,50)(H4,38,39,40). The second-order valence-corrected chi connectivity index (χ2v) is 12.5. The van der Waals surface area contributed by atoms with Gasteiger partial charge >= 0.3 is 0 Å². The number of para-hydroxylation sites is 1. The van der Waals surface area contributed by atoms with Crippen LogP contribution in [-0.2, 0) is 36.8 Å². The quantitative estimate of drug-likeness (QED) is 0.0716. The summed E-state index contributed by atoms with van der Waals surface area (Å²) < 4.78 is 0. The first kappa shape index (κ1) is 36.1. The fraction of sp³-hybridized carbons (Fsp3) is 0.297. The fourth-order valence-corrected chi connectivity index (χ4v) is 5.95. The molecule has 5 rings (SSSR count). The lowest BCUT2D eigenvalue weighted by Gasteiger charge is -2.26. The number of benzene rings is 3. The lowest BCUT2D eigenvalue weighted by Crippen LogP contribution is -2.57. The number of H-pyrrole nitrogens is 1. The SMILES string of the molecule is CC1NC(=O)C(Cc2ccccc2)NC(=O)C(CCCN=C(N)N)NC(=O)C(c2ccccc2)NC(=O)C(Cc2c[nH]c3ccccc23)NC1=O. The summed E-state index contributed by atoms with van der Waals surface area (Å²) in [7, 11) is 0. The van der Waals surface area contributed by atoms with Crippen LogP contribution in [0.25, 0.3) is 10.9 Å². The highest BCUT2D eigenvalue weighted by atomic mass is 16.2. The van der Waals surface area contributed by atoms with E-state index in [1.807, 2.05) is 54.6 Å². The first-order valence-corrected chi connectivity index (χ1v) is 16.8. The Kier molecular flexibility index (Phi) is 12.0. The molecule has 5 atom stereocenters. The maximum absolute atomic E-state index is 14.1. The molecule has 0 aliphatic carbocycles. The highest BCUT2D eigenvalue weighted by Crippen LogP contribution is 2.21. The number of rotatable bonds is 9. The summed E-state index contributed by atoms with van der Waals surface area (Å²) in [5.41, 5.74) is 13.8. The minimum absolute atomic E-state index is 0.0788. The van der Waals surface area contributed by atoms with E-state index < -0.39 is 59.7 Å². The van der Waals surface area contributed by atoms with Crippen LogP contribution in [0.5, 0.6) is 0 Å². The molecule has 51 heavy (non-hydrogen) atoms. The van der Waals surface area contributed by atoms with Crippen LogP contribution in [0.4, 0.5) is 0 Å². The van der Waals surface area contributed by atoms with Crippen molar-refractivity contribution in [2.75, 3.05) is 6.54 Å². The summed E-state index contributed by atoms with van der Waals surface area (Å²) >= 11 is 0. The number of hydrogen-bond acceptors (Lipinski definition) is 6. The molecule has 10 N–H and O–H groups in total. The Labute approximate surface area is 295 Å². The molecule has 3 aromatic carbocycles. The minimum Gasteiger partial charge on any atom is -0.370 e. The van der Waals surface area contributed by atoms with Gasteiger partial charge in [-0.2, -0.15) is 0 Å².